The fourth-order valence-corrected chi connectivity index (χ4v) is 4.01. The quantitative estimate of drug-likeness (QED) is 0.0398. The Hall–Kier alpha value is -2.01. The van der Waals surface area contributed by atoms with Crippen LogP contribution in [0, 0.1) is 0 Å². The number of aliphatic hydroxyl groups is 10. The Morgan fingerprint density at radius 3 is 1.64 bits per heavy atom. The fourth-order valence-electron chi connectivity index (χ4n) is 4.01. The van der Waals surface area contributed by atoms with Gasteiger partial charge in [0.1, 0.15) is 50.5 Å². The summed E-state index contributed by atoms with van der Waals surface area (Å²) in [6, 6.07) is -1.33. The van der Waals surface area contributed by atoms with E-state index in [1.165, 1.54) is 0 Å². The lowest BCUT2D eigenvalue weighted by Crippen LogP contribution is -2.53. The first-order valence-corrected chi connectivity index (χ1v) is 15.5. The summed E-state index contributed by atoms with van der Waals surface area (Å²) in [5.41, 5.74) is -0.840. The largest absolute Gasteiger partial charge is 0.394 e. The molecule has 10 atom stereocenters. The fraction of sp³-hybridized carbons (Fsp3) is 0.893. The van der Waals surface area contributed by atoms with Gasteiger partial charge < -0.3 is 77.1 Å². The molecule has 0 bridgehead atoms. The second-order valence-electron chi connectivity index (χ2n) is 12.8. The highest BCUT2D eigenvalue weighted by Crippen LogP contribution is 2.17. The lowest BCUT2D eigenvalue weighted by Gasteiger charge is -2.29. The Morgan fingerprint density at radius 2 is 1.17 bits per heavy atom. The summed E-state index contributed by atoms with van der Waals surface area (Å²) in [5.74, 6) is -2.15. The zero-order chi connectivity index (χ0) is 36.5. The van der Waals surface area contributed by atoms with Crippen molar-refractivity contribution in [1.82, 2.24) is 21.3 Å². The van der Waals surface area contributed by atoms with E-state index in [2.05, 4.69) is 21.3 Å². The molecule has 0 rings (SSSR count). The van der Waals surface area contributed by atoms with Crippen LogP contribution in [0.3, 0.4) is 0 Å². The maximum atomic E-state index is 13.0. The smallest absolute Gasteiger partial charge is 0.242 e. The van der Waals surface area contributed by atoms with Crippen LogP contribution in [-0.4, -0.2) is 183 Å². The second kappa shape index (κ2) is 21.9. The number of hydrogen-bond acceptors (Lipinski definition) is 15. The third kappa shape index (κ3) is 17.8. The third-order valence-electron chi connectivity index (χ3n) is 7.81. The molecule has 0 aromatic rings. The van der Waals surface area contributed by atoms with Crippen molar-refractivity contribution in [2.24, 2.45) is 0 Å². The average molecular weight is 685 g/mol. The van der Waals surface area contributed by atoms with Crippen LogP contribution in [0.15, 0.2) is 0 Å². The molecular formula is C28H57BN4O14. The third-order valence-corrected chi connectivity index (χ3v) is 7.81. The van der Waals surface area contributed by atoms with E-state index in [0.717, 1.165) is 0 Å². The summed E-state index contributed by atoms with van der Waals surface area (Å²) in [7, 11) is 3.65. The SMILES string of the molecule is BC(C)(CCC(=O)NC(CCC(=O)NC[C@H](O)[C@@H](O)[C@H](O)[C@H](O)CO)C(=O)NC[C@H](O)[C@@H](O)[C@H](O)[C@H](O)CO)OCCC(C)(C)NC. The van der Waals surface area contributed by atoms with Crippen LogP contribution in [0.5, 0.6) is 0 Å². The molecule has 0 saturated heterocycles. The average Bonchev–Trinajstić information content (AvgIpc) is 3.04. The summed E-state index contributed by atoms with van der Waals surface area (Å²) in [6.07, 6.45) is -14.4. The topological polar surface area (TPSA) is 311 Å². The molecule has 0 saturated carbocycles. The van der Waals surface area contributed by atoms with Crippen molar-refractivity contribution in [2.75, 3.05) is 40.0 Å². The molecular weight excluding hydrogens is 627 g/mol. The van der Waals surface area contributed by atoms with Gasteiger partial charge in [-0.05, 0) is 47.1 Å². The van der Waals surface area contributed by atoms with Crippen molar-refractivity contribution < 1.29 is 70.2 Å². The maximum Gasteiger partial charge on any atom is 0.242 e. The van der Waals surface area contributed by atoms with E-state index in [4.69, 9.17) is 14.9 Å². The molecule has 0 fully saturated rings. The zero-order valence-electron chi connectivity index (χ0n) is 27.9. The van der Waals surface area contributed by atoms with Gasteiger partial charge in [0.25, 0.3) is 0 Å². The van der Waals surface area contributed by atoms with Crippen LogP contribution in [0.25, 0.3) is 0 Å². The van der Waals surface area contributed by atoms with Gasteiger partial charge in [0, 0.05) is 43.6 Å². The molecule has 0 aromatic carbocycles. The number of carbonyl (C=O) groups excluding carboxylic acids is 3. The van der Waals surface area contributed by atoms with Gasteiger partial charge in [-0.3, -0.25) is 14.4 Å². The lowest BCUT2D eigenvalue weighted by atomic mass is 9.79. The molecule has 0 heterocycles. The number of nitrogens with one attached hydrogen (secondary N) is 4. The predicted molar refractivity (Wildman–Crippen MR) is 169 cm³/mol. The Morgan fingerprint density at radius 1 is 0.702 bits per heavy atom. The number of carbonyl (C=O) groups is 3. The van der Waals surface area contributed by atoms with Gasteiger partial charge in [-0.15, -0.1) is 0 Å². The first-order chi connectivity index (χ1) is 21.7. The number of amides is 3. The normalized spacial score (nSPS) is 19.2. The summed E-state index contributed by atoms with van der Waals surface area (Å²) in [4.78, 5) is 38.3. The summed E-state index contributed by atoms with van der Waals surface area (Å²) in [5, 5.41) is 107. The van der Waals surface area contributed by atoms with Crippen molar-refractivity contribution in [2.45, 2.75) is 119 Å². The highest BCUT2D eigenvalue weighted by Gasteiger charge is 2.32. The first-order valence-electron chi connectivity index (χ1n) is 15.5. The molecule has 2 unspecified atom stereocenters. The minimum absolute atomic E-state index is 0.0585. The van der Waals surface area contributed by atoms with Gasteiger partial charge in [0.15, 0.2) is 0 Å². The molecule has 18 nitrogen and oxygen atoms in total. The maximum absolute atomic E-state index is 13.0. The van der Waals surface area contributed by atoms with Gasteiger partial charge in [-0.2, -0.15) is 0 Å². The van der Waals surface area contributed by atoms with Crippen LogP contribution in [0.2, 0.25) is 0 Å². The van der Waals surface area contributed by atoms with Gasteiger partial charge >= 0.3 is 0 Å². The molecule has 276 valence electrons. The van der Waals surface area contributed by atoms with Gasteiger partial charge in [-0.1, -0.05) is 0 Å². The summed E-state index contributed by atoms with van der Waals surface area (Å²) in [6.45, 7) is 3.29. The van der Waals surface area contributed by atoms with E-state index in [-0.39, 0.29) is 31.2 Å². The number of ether oxygens (including phenoxy) is 1. The predicted octanol–water partition coefficient (Wildman–Crippen LogP) is -7.11. The minimum Gasteiger partial charge on any atom is -0.394 e. The lowest BCUT2D eigenvalue weighted by molar-refractivity contribution is -0.132. The molecule has 0 aliphatic rings. The van der Waals surface area contributed by atoms with Crippen LogP contribution in [-0.2, 0) is 19.1 Å². The molecule has 3 amide bonds. The molecule has 19 heteroatoms. The first kappa shape index (κ1) is 45.0. The molecule has 0 spiro atoms. The zero-order valence-corrected chi connectivity index (χ0v) is 27.9. The van der Waals surface area contributed by atoms with Crippen molar-refractivity contribution in [3.8, 4) is 0 Å². The molecule has 0 radical (unpaired) electrons. The van der Waals surface area contributed by atoms with E-state index >= 15 is 0 Å². The molecule has 0 aliphatic carbocycles. The highest BCUT2D eigenvalue weighted by molar-refractivity contribution is 6.14. The Kier molecular flexibility index (Phi) is 20.9. The van der Waals surface area contributed by atoms with Crippen LogP contribution < -0.4 is 21.3 Å². The molecule has 14 N–H and O–H groups in total. The van der Waals surface area contributed by atoms with Crippen molar-refractivity contribution in [3.05, 3.63) is 0 Å². The number of rotatable bonds is 25. The van der Waals surface area contributed by atoms with E-state index in [1.807, 2.05) is 35.7 Å². The summed E-state index contributed by atoms with van der Waals surface area (Å²) >= 11 is 0. The monoisotopic (exact) mass is 684 g/mol. The Labute approximate surface area is 275 Å². The summed E-state index contributed by atoms with van der Waals surface area (Å²) < 4.78 is 5.94. The Bertz CT molecular complexity index is 934. The Balaban J connectivity index is 5.35. The minimum atomic E-state index is -1.95. The molecule has 0 aliphatic heterocycles. The van der Waals surface area contributed by atoms with E-state index in [1.54, 1.807) is 0 Å². The van der Waals surface area contributed by atoms with E-state index in [0.29, 0.717) is 13.0 Å². The van der Waals surface area contributed by atoms with E-state index < -0.39 is 104 Å². The van der Waals surface area contributed by atoms with Crippen LogP contribution >= 0.6 is 0 Å². The standard InChI is InChI=1S/C28H57BN4O14/c1-27(2,30-4)9-10-47-28(3,29)8-7-21(41)33-15(26(46)32-12-17(37)23(43)25(45)19(39)14-35)5-6-20(40)31-11-16(36)22(42)24(44)18(38)13-34/h15-19,22-25,30,34-39,42-45H,5-14,29H2,1-4H3,(H,31,40)(H,32,46)(H,33,41)/t15?,16-,17-,18+,19+,22+,23+,24+,25+,28?/m0/s1. The van der Waals surface area contributed by atoms with Gasteiger partial charge in [0.05, 0.1) is 25.4 Å². The highest BCUT2D eigenvalue weighted by atomic mass is 16.5. The number of hydrogen-bond donors (Lipinski definition) is 14. The van der Waals surface area contributed by atoms with Crippen molar-refractivity contribution in [3.63, 3.8) is 0 Å². The van der Waals surface area contributed by atoms with Crippen molar-refractivity contribution in [1.29, 1.82) is 0 Å². The van der Waals surface area contributed by atoms with Crippen LogP contribution in [0.4, 0.5) is 0 Å². The van der Waals surface area contributed by atoms with Gasteiger partial charge in [-0.25, -0.2) is 0 Å². The molecule has 47 heavy (non-hydrogen) atoms. The van der Waals surface area contributed by atoms with Crippen LogP contribution in [0.1, 0.15) is 52.9 Å². The van der Waals surface area contributed by atoms with E-state index in [9.17, 15) is 55.2 Å². The second-order valence-corrected chi connectivity index (χ2v) is 12.8. The van der Waals surface area contributed by atoms with Crippen molar-refractivity contribution >= 4 is 25.6 Å². The molecule has 0 aromatic heterocycles. The number of aliphatic hydroxyl groups excluding tert-OH is 10. The van der Waals surface area contributed by atoms with Gasteiger partial charge in [0.2, 0.25) is 17.7 Å².